The summed E-state index contributed by atoms with van der Waals surface area (Å²) in [6.45, 7) is 4.21. The number of hydrogen-bond donors (Lipinski definition) is 0. The number of hydrogen-bond acceptors (Lipinski definition) is 5. The highest BCUT2D eigenvalue weighted by atomic mass is 16.5. The first kappa shape index (κ1) is 19.8. The maximum Gasteiger partial charge on any atom is 0.289 e. The lowest BCUT2D eigenvalue weighted by molar-refractivity contribution is 0.0715. The predicted molar refractivity (Wildman–Crippen MR) is 115 cm³/mol. The van der Waals surface area contributed by atoms with E-state index in [9.17, 15) is 9.59 Å². The topological polar surface area (TPSA) is 63.0 Å². The average Bonchev–Trinajstić information content (AvgIpc) is 3.29. The average molecular weight is 404 g/mol. The van der Waals surface area contributed by atoms with Crippen LogP contribution in [0.15, 0.2) is 65.1 Å². The Balaban J connectivity index is 1.42. The largest absolute Gasteiger partial charge is 0.495 e. The number of para-hydroxylation sites is 2. The van der Waals surface area contributed by atoms with Gasteiger partial charge in [-0.15, -0.1) is 0 Å². The number of anilines is 1. The number of carbonyl (C=O) groups excluding carboxylic acids is 2. The van der Waals surface area contributed by atoms with Crippen LogP contribution >= 0.6 is 0 Å². The number of methoxy groups -OCH3 is 1. The van der Waals surface area contributed by atoms with E-state index in [-0.39, 0.29) is 11.7 Å². The maximum absolute atomic E-state index is 12.9. The molecular weight excluding hydrogens is 380 g/mol. The van der Waals surface area contributed by atoms with Gasteiger partial charge in [0.25, 0.3) is 5.91 Å². The van der Waals surface area contributed by atoms with Crippen LogP contribution < -0.4 is 9.64 Å². The monoisotopic (exact) mass is 404 g/mol. The van der Waals surface area contributed by atoms with Gasteiger partial charge in [-0.3, -0.25) is 9.59 Å². The molecule has 0 bridgehead atoms. The second-order valence-corrected chi connectivity index (χ2v) is 7.25. The molecule has 1 fully saturated rings. The molecule has 6 nitrogen and oxygen atoms in total. The summed E-state index contributed by atoms with van der Waals surface area (Å²) in [7, 11) is 1.67. The van der Waals surface area contributed by atoms with Gasteiger partial charge >= 0.3 is 0 Å². The highest BCUT2D eigenvalue weighted by Crippen LogP contribution is 2.29. The van der Waals surface area contributed by atoms with Crippen molar-refractivity contribution in [1.82, 2.24) is 4.90 Å². The van der Waals surface area contributed by atoms with E-state index in [1.54, 1.807) is 31.4 Å². The number of piperazine rings is 1. The van der Waals surface area contributed by atoms with E-state index in [0.717, 1.165) is 30.1 Å². The van der Waals surface area contributed by atoms with Gasteiger partial charge in [0.05, 0.1) is 12.8 Å². The van der Waals surface area contributed by atoms with Crippen molar-refractivity contribution in [2.45, 2.75) is 6.92 Å². The minimum atomic E-state index is -0.110. The lowest BCUT2D eigenvalue weighted by Gasteiger charge is -2.36. The second-order valence-electron chi connectivity index (χ2n) is 7.25. The van der Waals surface area contributed by atoms with Crippen molar-refractivity contribution in [3.63, 3.8) is 0 Å². The van der Waals surface area contributed by atoms with Crippen molar-refractivity contribution < 1.29 is 18.7 Å². The van der Waals surface area contributed by atoms with Crippen LogP contribution in [-0.4, -0.2) is 49.9 Å². The Labute approximate surface area is 175 Å². The molecule has 4 rings (SSSR count). The Kier molecular flexibility index (Phi) is 5.57. The van der Waals surface area contributed by atoms with Crippen LogP contribution in [0.5, 0.6) is 5.75 Å². The van der Waals surface area contributed by atoms with Gasteiger partial charge in [-0.25, -0.2) is 0 Å². The summed E-state index contributed by atoms with van der Waals surface area (Å²) < 4.78 is 11.3. The molecule has 0 N–H and O–H groups in total. The molecule has 0 spiro atoms. The summed E-state index contributed by atoms with van der Waals surface area (Å²) in [5, 5.41) is 0. The number of benzene rings is 2. The zero-order chi connectivity index (χ0) is 21.1. The predicted octanol–water partition coefficient (Wildman–Crippen LogP) is 4.12. The van der Waals surface area contributed by atoms with E-state index in [0.29, 0.717) is 30.2 Å². The van der Waals surface area contributed by atoms with Crippen molar-refractivity contribution in [2.75, 3.05) is 38.2 Å². The van der Waals surface area contributed by atoms with Gasteiger partial charge in [0.15, 0.2) is 11.5 Å². The molecule has 0 radical (unpaired) electrons. The minimum Gasteiger partial charge on any atom is -0.495 e. The quantitative estimate of drug-likeness (QED) is 0.599. The third-order valence-corrected chi connectivity index (χ3v) is 5.39. The molecule has 0 atom stereocenters. The fourth-order valence-corrected chi connectivity index (χ4v) is 3.67. The number of ketones is 1. The molecule has 1 amide bonds. The number of carbonyl (C=O) groups is 2. The summed E-state index contributed by atoms with van der Waals surface area (Å²) in [6.07, 6.45) is 0. The molecule has 3 aromatic rings. The SMILES string of the molecule is COc1ccccc1N1CCN(C(=O)c2ccc(-c3ccc(C(C)=O)cc3)o2)CC1. The zero-order valence-electron chi connectivity index (χ0n) is 17.1. The van der Waals surface area contributed by atoms with E-state index >= 15 is 0 Å². The molecule has 6 heteroatoms. The molecular formula is C24H24N2O4. The molecule has 0 unspecified atom stereocenters. The van der Waals surface area contributed by atoms with Gasteiger partial charge in [-0.2, -0.15) is 0 Å². The normalized spacial score (nSPS) is 13.9. The van der Waals surface area contributed by atoms with Crippen LogP contribution in [0.1, 0.15) is 27.8 Å². The van der Waals surface area contributed by atoms with Crippen LogP contribution in [0.2, 0.25) is 0 Å². The first-order chi connectivity index (χ1) is 14.6. The lowest BCUT2D eigenvalue weighted by Crippen LogP contribution is -2.48. The summed E-state index contributed by atoms with van der Waals surface area (Å²) in [5.41, 5.74) is 2.52. The molecule has 2 heterocycles. The highest BCUT2D eigenvalue weighted by Gasteiger charge is 2.25. The smallest absolute Gasteiger partial charge is 0.289 e. The van der Waals surface area contributed by atoms with Crippen LogP contribution in [0, 0.1) is 0 Å². The molecule has 0 saturated carbocycles. The molecule has 1 saturated heterocycles. The van der Waals surface area contributed by atoms with Gasteiger partial charge in [-0.05, 0) is 31.2 Å². The fraction of sp³-hybridized carbons (Fsp3) is 0.250. The summed E-state index contributed by atoms with van der Waals surface area (Å²) in [6, 6.07) is 18.6. The molecule has 1 aromatic heterocycles. The Bertz CT molecular complexity index is 1050. The molecule has 0 aliphatic carbocycles. The lowest BCUT2D eigenvalue weighted by atomic mass is 10.1. The Morgan fingerprint density at radius 3 is 2.27 bits per heavy atom. The Morgan fingerprint density at radius 1 is 0.900 bits per heavy atom. The summed E-state index contributed by atoms with van der Waals surface area (Å²) in [5.74, 6) is 1.68. The van der Waals surface area contributed by atoms with Crippen molar-refractivity contribution in [2.24, 2.45) is 0 Å². The molecule has 154 valence electrons. The highest BCUT2D eigenvalue weighted by molar-refractivity contribution is 5.94. The number of Topliss-reactive ketones (excluding diaryl/α,β-unsaturated/α-hetero) is 1. The standard InChI is InChI=1S/C24H24N2O4/c1-17(27)18-7-9-19(10-8-18)21-11-12-23(30-21)24(28)26-15-13-25(14-16-26)20-5-3-4-6-22(20)29-2/h3-12H,13-16H2,1-2H3. The van der Waals surface area contributed by atoms with E-state index in [1.165, 1.54) is 6.92 Å². The van der Waals surface area contributed by atoms with Crippen LogP contribution in [0.25, 0.3) is 11.3 Å². The van der Waals surface area contributed by atoms with Crippen molar-refractivity contribution in [3.8, 4) is 17.1 Å². The second kappa shape index (κ2) is 8.45. The van der Waals surface area contributed by atoms with E-state index in [1.807, 2.05) is 41.3 Å². The zero-order valence-corrected chi connectivity index (χ0v) is 17.1. The van der Waals surface area contributed by atoms with Crippen LogP contribution in [0.4, 0.5) is 5.69 Å². The third-order valence-electron chi connectivity index (χ3n) is 5.39. The van der Waals surface area contributed by atoms with Crippen molar-refractivity contribution in [1.29, 1.82) is 0 Å². The number of rotatable bonds is 5. The first-order valence-electron chi connectivity index (χ1n) is 9.95. The molecule has 30 heavy (non-hydrogen) atoms. The molecule has 1 aliphatic rings. The van der Waals surface area contributed by atoms with Gasteiger partial charge < -0.3 is 19.0 Å². The van der Waals surface area contributed by atoms with Crippen molar-refractivity contribution >= 4 is 17.4 Å². The van der Waals surface area contributed by atoms with Gasteiger partial charge in [-0.1, -0.05) is 36.4 Å². The molecule has 2 aromatic carbocycles. The van der Waals surface area contributed by atoms with Crippen molar-refractivity contribution in [3.05, 3.63) is 72.0 Å². The Morgan fingerprint density at radius 2 is 1.60 bits per heavy atom. The van der Waals surface area contributed by atoms with Crippen LogP contribution in [-0.2, 0) is 0 Å². The third kappa shape index (κ3) is 3.94. The van der Waals surface area contributed by atoms with E-state index < -0.39 is 0 Å². The number of amides is 1. The van der Waals surface area contributed by atoms with Gasteiger partial charge in [0, 0.05) is 37.3 Å². The van der Waals surface area contributed by atoms with Gasteiger partial charge in [0.2, 0.25) is 0 Å². The summed E-state index contributed by atoms with van der Waals surface area (Å²) >= 11 is 0. The fourth-order valence-electron chi connectivity index (χ4n) is 3.67. The molecule has 1 aliphatic heterocycles. The number of ether oxygens (including phenoxy) is 1. The minimum absolute atomic E-state index is 0.0177. The van der Waals surface area contributed by atoms with Crippen LogP contribution in [0.3, 0.4) is 0 Å². The number of nitrogens with zero attached hydrogens (tertiary/aromatic N) is 2. The first-order valence-corrected chi connectivity index (χ1v) is 9.95. The summed E-state index contributed by atoms with van der Waals surface area (Å²) in [4.78, 5) is 28.4. The van der Waals surface area contributed by atoms with E-state index in [4.69, 9.17) is 9.15 Å². The maximum atomic E-state index is 12.9. The van der Waals surface area contributed by atoms with Gasteiger partial charge in [0.1, 0.15) is 11.5 Å². The van der Waals surface area contributed by atoms with E-state index in [2.05, 4.69) is 4.90 Å². The Hall–Kier alpha value is -3.54. The number of furan rings is 1.